The predicted molar refractivity (Wildman–Crippen MR) is 106 cm³/mol. The molecule has 0 saturated carbocycles. The van der Waals surface area contributed by atoms with Crippen LogP contribution in [-0.2, 0) is 5.41 Å². The van der Waals surface area contributed by atoms with Crippen molar-refractivity contribution in [3.8, 4) is 0 Å². The lowest BCUT2D eigenvalue weighted by atomic mass is 9.87. The number of amides is 1. The Morgan fingerprint density at radius 3 is 2.24 bits per heavy atom. The van der Waals surface area contributed by atoms with Crippen molar-refractivity contribution in [2.24, 2.45) is 5.10 Å². The van der Waals surface area contributed by atoms with E-state index in [1.807, 2.05) is 31.2 Å². The van der Waals surface area contributed by atoms with Crippen molar-refractivity contribution in [3.05, 3.63) is 69.2 Å². The van der Waals surface area contributed by atoms with Crippen LogP contribution in [0.5, 0.6) is 0 Å². The lowest BCUT2D eigenvalue weighted by Gasteiger charge is -2.18. The van der Waals surface area contributed by atoms with Crippen molar-refractivity contribution < 1.29 is 4.79 Å². The molecule has 0 aliphatic carbocycles. The van der Waals surface area contributed by atoms with E-state index in [0.29, 0.717) is 27.7 Å². The van der Waals surface area contributed by atoms with Gasteiger partial charge in [0.15, 0.2) is 0 Å². The van der Waals surface area contributed by atoms with E-state index >= 15 is 0 Å². The number of nitrogens with zero attached hydrogens (tertiary/aromatic N) is 1. The molecule has 0 unspecified atom stereocenters. The lowest BCUT2D eigenvalue weighted by molar-refractivity contribution is 0.0954. The Hall–Kier alpha value is -1.84. The van der Waals surface area contributed by atoms with Crippen molar-refractivity contribution in [2.75, 3.05) is 0 Å². The van der Waals surface area contributed by atoms with E-state index in [9.17, 15) is 4.79 Å². The zero-order chi connectivity index (χ0) is 18.6. The summed E-state index contributed by atoms with van der Waals surface area (Å²) in [4.78, 5) is 12.3. The Labute approximate surface area is 159 Å². The predicted octanol–water partition coefficient (Wildman–Crippen LogP) is 5.84. The fraction of sp³-hybridized carbons (Fsp3) is 0.300. The molecule has 3 nitrogen and oxygen atoms in total. The molecule has 0 fully saturated rings. The zero-order valence-corrected chi connectivity index (χ0v) is 16.4. The van der Waals surface area contributed by atoms with Gasteiger partial charge >= 0.3 is 0 Å². The largest absolute Gasteiger partial charge is 0.271 e. The first-order chi connectivity index (χ1) is 11.7. The van der Waals surface area contributed by atoms with E-state index in [1.54, 1.807) is 18.2 Å². The Kier molecular flexibility index (Phi) is 6.26. The molecule has 2 rings (SSSR count). The maximum Gasteiger partial charge on any atom is 0.271 e. The normalized spacial score (nSPS) is 12.2. The van der Waals surface area contributed by atoms with Gasteiger partial charge in [0.2, 0.25) is 0 Å². The molecule has 0 aliphatic heterocycles. The molecule has 0 atom stereocenters. The van der Waals surface area contributed by atoms with Crippen LogP contribution >= 0.6 is 23.2 Å². The van der Waals surface area contributed by atoms with Crippen LogP contribution in [0, 0.1) is 0 Å². The summed E-state index contributed by atoms with van der Waals surface area (Å²) < 4.78 is 0. The van der Waals surface area contributed by atoms with Gasteiger partial charge in [-0.3, -0.25) is 4.79 Å². The van der Waals surface area contributed by atoms with Gasteiger partial charge in [-0.15, -0.1) is 0 Å². The quantitative estimate of drug-likeness (QED) is 0.528. The van der Waals surface area contributed by atoms with Gasteiger partial charge in [0.25, 0.3) is 5.91 Å². The van der Waals surface area contributed by atoms with E-state index in [1.165, 1.54) is 5.56 Å². The number of hydrogen-bond donors (Lipinski definition) is 1. The smallest absolute Gasteiger partial charge is 0.267 e. The number of nitrogens with one attached hydrogen (secondary N) is 1. The van der Waals surface area contributed by atoms with Gasteiger partial charge in [0.1, 0.15) is 0 Å². The summed E-state index contributed by atoms with van der Waals surface area (Å²) in [6, 6.07) is 12.8. The molecule has 0 heterocycles. The van der Waals surface area contributed by atoms with Crippen LogP contribution in [0.3, 0.4) is 0 Å². The lowest BCUT2D eigenvalue weighted by Crippen LogP contribution is -2.20. The van der Waals surface area contributed by atoms with E-state index in [0.717, 1.165) is 5.56 Å². The number of hydrogen-bond acceptors (Lipinski definition) is 2. The average molecular weight is 377 g/mol. The summed E-state index contributed by atoms with van der Waals surface area (Å²) >= 11 is 12.1. The monoisotopic (exact) mass is 376 g/mol. The van der Waals surface area contributed by atoms with Crippen LogP contribution in [0.25, 0.3) is 0 Å². The van der Waals surface area contributed by atoms with Gasteiger partial charge in [-0.1, -0.05) is 69.1 Å². The molecule has 0 saturated heterocycles. The third kappa shape index (κ3) is 5.07. The Morgan fingerprint density at radius 1 is 1.08 bits per heavy atom. The Balaban J connectivity index is 2.17. The van der Waals surface area contributed by atoms with Crippen LogP contribution < -0.4 is 5.43 Å². The summed E-state index contributed by atoms with van der Waals surface area (Å²) in [5.41, 5.74) is 5.85. The minimum Gasteiger partial charge on any atom is -0.267 e. The van der Waals surface area contributed by atoms with E-state index in [2.05, 4.69) is 31.3 Å². The minimum atomic E-state index is -0.253. The summed E-state index contributed by atoms with van der Waals surface area (Å²) in [5.74, 6) is -0.253. The number of benzene rings is 2. The molecule has 2 aromatic rings. The van der Waals surface area contributed by atoms with E-state index < -0.39 is 0 Å². The molecule has 25 heavy (non-hydrogen) atoms. The van der Waals surface area contributed by atoms with Crippen molar-refractivity contribution >= 4 is 34.8 Å². The zero-order valence-electron chi connectivity index (χ0n) is 14.9. The fourth-order valence-corrected chi connectivity index (χ4v) is 2.88. The van der Waals surface area contributed by atoms with Crippen LogP contribution in [-0.4, -0.2) is 11.6 Å². The molecule has 0 bridgehead atoms. The molecular weight excluding hydrogens is 355 g/mol. The third-order valence-corrected chi connectivity index (χ3v) is 4.43. The number of hydrazone groups is 1. The second kappa shape index (κ2) is 8.03. The summed E-state index contributed by atoms with van der Waals surface area (Å²) in [7, 11) is 0. The van der Waals surface area contributed by atoms with Crippen molar-refractivity contribution in [1.82, 2.24) is 5.43 Å². The molecule has 1 amide bonds. The number of carbonyl (C=O) groups excluding carboxylic acids is 1. The number of rotatable bonds is 4. The molecule has 0 aromatic heterocycles. The van der Waals surface area contributed by atoms with Crippen LogP contribution in [0.1, 0.15) is 55.6 Å². The Morgan fingerprint density at radius 2 is 1.72 bits per heavy atom. The maximum absolute atomic E-state index is 12.3. The first-order valence-electron chi connectivity index (χ1n) is 8.15. The van der Waals surface area contributed by atoms with Crippen molar-refractivity contribution in [3.63, 3.8) is 0 Å². The highest BCUT2D eigenvalue weighted by Gasteiger charge is 2.14. The molecule has 1 N–H and O–H groups in total. The maximum atomic E-state index is 12.3. The highest BCUT2D eigenvalue weighted by Crippen LogP contribution is 2.23. The van der Waals surface area contributed by atoms with Crippen LogP contribution in [0.2, 0.25) is 10.0 Å². The molecule has 0 aliphatic rings. The highest BCUT2D eigenvalue weighted by atomic mass is 35.5. The molecule has 132 valence electrons. The second-order valence-corrected chi connectivity index (χ2v) is 7.65. The van der Waals surface area contributed by atoms with Crippen molar-refractivity contribution in [1.29, 1.82) is 0 Å². The van der Waals surface area contributed by atoms with Crippen LogP contribution in [0.15, 0.2) is 47.6 Å². The van der Waals surface area contributed by atoms with Crippen molar-refractivity contribution in [2.45, 2.75) is 39.5 Å². The number of carbonyl (C=O) groups is 1. The van der Waals surface area contributed by atoms with Gasteiger partial charge in [0, 0.05) is 16.1 Å². The standard InChI is InChI=1S/C20H22Cl2N2O/c1-5-18(16-11-10-15(21)12-17(16)22)23-24-19(25)13-6-8-14(9-7-13)20(2,3)4/h6-12H,5H2,1-4H3,(H,24,25). The third-order valence-electron chi connectivity index (χ3n) is 3.88. The fourth-order valence-electron chi connectivity index (χ4n) is 2.36. The van der Waals surface area contributed by atoms with Gasteiger partial charge in [-0.2, -0.15) is 5.10 Å². The van der Waals surface area contributed by atoms with Gasteiger partial charge in [0.05, 0.1) is 10.7 Å². The minimum absolute atomic E-state index is 0.0495. The van der Waals surface area contributed by atoms with E-state index in [4.69, 9.17) is 23.2 Å². The second-order valence-electron chi connectivity index (χ2n) is 6.80. The van der Waals surface area contributed by atoms with Gasteiger partial charge in [-0.25, -0.2) is 5.43 Å². The average Bonchev–Trinajstić information content (AvgIpc) is 2.56. The van der Waals surface area contributed by atoms with Gasteiger partial charge < -0.3 is 0 Å². The molecule has 0 spiro atoms. The molecule has 2 aromatic carbocycles. The first-order valence-corrected chi connectivity index (χ1v) is 8.91. The summed E-state index contributed by atoms with van der Waals surface area (Å²) in [6.45, 7) is 8.36. The molecule has 5 heteroatoms. The summed E-state index contributed by atoms with van der Waals surface area (Å²) in [6.07, 6.45) is 0.630. The van der Waals surface area contributed by atoms with Crippen LogP contribution in [0.4, 0.5) is 0 Å². The Bertz CT molecular complexity index is 790. The van der Waals surface area contributed by atoms with E-state index in [-0.39, 0.29) is 11.3 Å². The van der Waals surface area contributed by atoms with Gasteiger partial charge in [-0.05, 0) is 41.7 Å². The topological polar surface area (TPSA) is 41.5 Å². The molecular formula is C20H22Cl2N2O. The SMILES string of the molecule is CCC(=NNC(=O)c1ccc(C(C)(C)C)cc1)c1ccc(Cl)cc1Cl. The highest BCUT2D eigenvalue weighted by molar-refractivity contribution is 6.37. The first kappa shape index (κ1) is 19.5. The molecule has 0 radical (unpaired) electrons. The summed E-state index contributed by atoms with van der Waals surface area (Å²) in [5, 5.41) is 5.31. The number of halogens is 2.